The molecular weight excluding hydrogens is 436 g/mol. The predicted octanol–water partition coefficient (Wildman–Crippen LogP) is 3.57. The molecule has 0 radical (unpaired) electrons. The summed E-state index contributed by atoms with van der Waals surface area (Å²) in [7, 11) is 1.35. The van der Waals surface area contributed by atoms with E-state index in [1.165, 1.54) is 7.11 Å². The summed E-state index contributed by atoms with van der Waals surface area (Å²) >= 11 is 6.17. The quantitative estimate of drug-likeness (QED) is 0.309. The van der Waals surface area contributed by atoms with E-state index >= 15 is 0 Å². The highest BCUT2D eigenvalue weighted by Gasteiger charge is 2.20. The average molecular weight is 467 g/mol. The van der Waals surface area contributed by atoms with Gasteiger partial charge in [-0.05, 0) is 51.8 Å². The fourth-order valence-corrected chi connectivity index (χ4v) is 2.72. The van der Waals surface area contributed by atoms with Crippen molar-refractivity contribution in [2.75, 3.05) is 13.7 Å². The molecule has 2 amide bonds. The van der Waals surface area contributed by atoms with Gasteiger partial charge in [0.1, 0.15) is 18.0 Å². The van der Waals surface area contributed by atoms with Crippen LogP contribution < -0.4 is 15.8 Å². The van der Waals surface area contributed by atoms with Crippen LogP contribution in [0.3, 0.4) is 0 Å². The van der Waals surface area contributed by atoms with Gasteiger partial charge in [0, 0.05) is 29.8 Å². The molecule has 8 nitrogen and oxygen atoms in total. The highest BCUT2D eigenvalue weighted by molar-refractivity contribution is 6.30. The predicted molar refractivity (Wildman–Crippen MR) is 121 cm³/mol. The highest BCUT2D eigenvalue weighted by atomic mass is 35.5. The van der Waals surface area contributed by atoms with Crippen LogP contribution in [0.25, 0.3) is 0 Å². The van der Waals surface area contributed by atoms with Gasteiger partial charge in [0.05, 0.1) is 13.2 Å². The lowest BCUT2D eigenvalue weighted by molar-refractivity contribution is -0.140. The van der Waals surface area contributed by atoms with Crippen molar-refractivity contribution < 1.29 is 28.6 Å². The lowest BCUT2D eigenvalue weighted by atomic mass is 10.1. The fraction of sp³-hybridized carbons (Fsp3) is 0.522. The number of ether oxygens (including phenoxy) is 3. The Morgan fingerprint density at radius 1 is 1.19 bits per heavy atom. The van der Waals surface area contributed by atoms with Crippen LogP contribution in [0.2, 0.25) is 5.02 Å². The van der Waals surface area contributed by atoms with Crippen LogP contribution in [0.15, 0.2) is 18.2 Å². The number of hydrogen-bond acceptors (Lipinski definition) is 6. The zero-order chi connectivity index (χ0) is 24.1. The van der Waals surface area contributed by atoms with E-state index in [4.69, 9.17) is 26.8 Å². The van der Waals surface area contributed by atoms with Crippen LogP contribution >= 0.6 is 11.6 Å². The zero-order valence-corrected chi connectivity index (χ0v) is 19.7. The molecule has 0 aliphatic carbocycles. The van der Waals surface area contributed by atoms with Gasteiger partial charge >= 0.3 is 12.1 Å². The molecule has 1 aromatic rings. The molecule has 32 heavy (non-hydrogen) atoms. The number of unbranched alkanes of at least 4 members (excludes halogenated alkanes) is 1. The molecule has 0 bridgehead atoms. The lowest BCUT2D eigenvalue weighted by Crippen LogP contribution is -2.42. The topological polar surface area (TPSA) is 117 Å². The average Bonchev–Trinajstić information content (AvgIpc) is 2.67. The van der Waals surface area contributed by atoms with Gasteiger partial charge in [-0.3, -0.25) is 9.59 Å². The molecule has 9 heteroatoms. The van der Waals surface area contributed by atoms with E-state index in [9.17, 15) is 14.4 Å². The summed E-state index contributed by atoms with van der Waals surface area (Å²) < 4.78 is 15.6. The molecule has 0 saturated heterocycles. The third-order valence-corrected chi connectivity index (χ3v) is 4.14. The number of carbonyl (C=O) groups excluding carboxylic acids is 3. The Balaban J connectivity index is 2.74. The molecule has 0 aliphatic rings. The minimum atomic E-state index is -0.656. The van der Waals surface area contributed by atoms with Crippen molar-refractivity contribution in [3.05, 3.63) is 28.8 Å². The number of primary amides is 1. The molecule has 0 unspecified atom stereocenters. The number of rotatable bonds is 10. The number of halogens is 1. The van der Waals surface area contributed by atoms with Crippen molar-refractivity contribution in [2.45, 2.75) is 64.5 Å². The summed E-state index contributed by atoms with van der Waals surface area (Å²) in [6.07, 6.45) is 1.21. The molecular formula is C23H31ClN2O6. The Kier molecular flexibility index (Phi) is 11.4. The van der Waals surface area contributed by atoms with E-state index in [2.05, 4.69) is 21.9 Å². The molecule has 3 N–H and O–H groups in total. The van der Waals surface area contributed by atoms with Crippen LogP contribution in [0.1, 0.15) is 58.4 Å². The maximum Gasteiger partial charge on any atom is 0.407 e. The Hall–Kier alpha value is -2.92. The maximum atomic E-state index is 12.1. The summed E-state index contributed by atoms with van der Waals surface area (Å²) in [5.41, 5.74) is 5.23. The normalized spacial score (nSPS) is 11.5. The van der Waals surface area contributed by atoms with Gasteiger partial charge in [-0.2, -0.15) is 0 Å². The summed E-state index contributed by atoms with van der Waals surface area (Å²) in [6.45, 7) is 5.35. The first-order valence-corrected chi connectivity index (χ1v) is 10.6. The van der Waals surface area contributed by atoms with Crippen LogP contribution in [0.4, 0.5) is 4.79 Å². The SMILES string of the molecule is COC(=O)CCCC#Cc1cc(Cl)cc(OC[C@H](CCC(N)=O)NC(=O)OC(C)(C)C)c1. The fourth-order valence-electron chi connectivity index (χ4n) is 2.49. The van der Waals surface area contributed by atoms with Crippen molar-refractivity contribution in [2.24, 2.45) is 5.73 Å². The Labute approximate surface area is 194 Å². The van der Waals surface area contributed by atoms with Crippen molar-refractivity contribution in [3.8, 4) is 17.6 Å². The molecule has 0 saturated carbocycles. The first-order valence-electron chi connectivity index (χ1n) is 10.3. The first-order chi connectivity index (χ1) is 15.0. The second kappa shape index (κ2) is 13.5. The number of methoxy groups -OCH3 is 1. The molecule has 0 fully saturated rings. The number of esters is 1. The van der Waals surface area contributed by atoms with E-state index < -0.39 is 23.6 Å². The van der Waals surface area contributed by atoms with E-state index in [1.807, 2.05) is 0 Å². The first kappa shape index (κ1) is 27.1. The zero-order valence-electron chi connectivity index (χ0n) is 19.0. The number of carbonyl (C=O) groups is 3. The van der Waals surface area contributed by atoms with E-state index in [0.29, 0.717) is 42.0 Å². The second-order valence-corrected chi connectivity index (χ2v) is 8.50. The summed E-state index contributed by atoms with van der Waals surface area (Å²) in [6, 6.07) is 4.55. The number of amides is 2. The van der Waals surface area contributed by atoms with Gasteiger partial charge in [0.15, 0.2) is 0 Å². The van der Waals surface area contributed by atoms with Crippen LogP contribution in [-0.2, 0) is 19.1 Å². The van der Waals surface area contributed by atoms with Crippen LogP contribution in [0.5, 0.6) is 5.75 Å². The molecule has 0 aliphatic heterocycles. The highest BCUT2D eigenvalue weighted by Crippen LogP contribution is 2.21. The van der Waals surface area contributed by atoms with Crippen LogP contribution in [0, 0.1) is 11.8 Å². The Morgan fingerprint density at radius 3 is 2.53 bits per heavy atom. The summed E-state index contributed by atoms with van der Waals surface area (Å²) in [5, 5.41) is 3.14. The number of nitrogens with one attached hydrogen (secondary N) is 1. The van der Waals surface area contributed by atoms with Crippen LogP contribution in [-0.4, -0.2) is 43.3 Å². The lowest BCUT2D eigenvalue weighted by Gasteiger charge is -2.23. The standard InChI is InChI=1S/C23H31ClN2O6/c1-23(2,3)32-22(29)26-18(10-11-20(25)27)15-31-19-13-16(12-17(24)14-19)8-6-5-7-9-21(28)30-4/h12-14,18H,5,7,9-11,15H2,1-4H3,(H2,25,27)(H,26,29)/t18-/m0/s1. The van der Waals surface area contributed by atoms with Gasteiger partial charge in [0.2, 0.25) is 5.91 Å². The van der Waals surface area contributed by atoms with Gasteiger partial charge in [-0.25, -0.2) is 4.79 Å². The molecule has 176 valence electrons. The molecule has 0 heterocycles. The maximum absolute atomic E-state index is 12.1. The van der Waals surface area contributed by atoms with Gasteiger partial charge in [-0.15, -0.1) is 0 Å². The van der Waals surface area contributed by atoms with E-state index in [0.717, 1.165) is 0 Å². The number of benzene rings is 1. The Bertz CT molecular complexity index is 854. The van der Waals surface area contributed by atoms with Gasteiger partial charge < -0.3 is 25.3 Å². The van der Waals surface area contributed by atoms with E-state index in [-0.39, 0.29) is 19.0 Å². The largest absolute Gasteiger partial charge is 0.491 e. The Morgan fingerprint density at radius 2 is 1.91 bits per heavy atom. The number of alkyl carbamates (subject to hydrolysis) is 1. The second-order valence-electron chi connectivity index (χ2n) is 8.07. The van der Waals surface area contributed by atoms with E-state index in [1.54, 1.807) is 39.0 Å². The number of nitrogens with two attached hydrogens (primary N) is 1. The monoisotopic (exact) mass is 466 g/mol. The number of hydrogen-bond donors (Lipinski definition) is 2. The van der Waals surface area contributed by atoms with Gasteiger partial charge in [-0.1, -0.05) is 23.4 Å². The van der Waals surface area contributed by atoms with Crippen molar-refractivity contribution in [1.29, 1.82) is 0 Å². The molecule has 0 spiro atoms. The molecule has 1 aromatic carbocycles. The summed E-state index contributed by atoms with van der Waals surface area (Å²) in [4.78, 5) is 34.4. The smallest absolute Gasteiger partial charge is 0.407 e. The third kappa shape index (κ3) is 12.7. The van der Waals surface area contributed by atoms with Crippen molar-refractivity contribution >= 4 is 29.6 Å². The minimum absolute atomic E-state index is 0.0822. The third-order valence-electron chi connectivity index (χ3n) is 3.93. The van der Waals surface area contributed by atoms with Crippen molar-refractivity contribution in [3.63, 3.8) is 0 Å². The molecule has 1 atom stereocenters. The van der Waals surface area contributed by atoms with Crippen molar-refractivity contribution in [1.82, 2.24) is 5.32 Å². The molecule has 0 aromatic heterocycles. The van der Waals surface area contributed by atoms with Gasteiger partial charge in [0.25, 0.3) is 0 Å². The molecule has 1 rings (SSSR count). The summed E-state index contributed by atoms with van der Waals surface area (Å²) in [5.74, 6) is 5.69. The minimum Gasteiger partial charge on any atom is -0.491 e.